The lowest BCUT2D eigenvalue weighted by Gasteiger charge is -2.06. The number of sulfonamides is 1. The molecule has 0 fully saturated rings. The summed E-state index contributed by atoms with van der Waals surface area (Å²) >= 11 is 11.0. The number of rotatable bonds is 4. The van der Waals surface area contributed by atoms with Crippen LogP contribution in [0.15, 0.2) is 24.3 Å². The highest BCUT2D eigenvalue weighted by atomic mass is 35.5. The van der Waals surface area contributed by atoms with E-state index in [9.17, 15) is 8.42 Å². The lowest BCUT2D eigenvalue weighted by molar-refractivity contribution is 0.602. The monoisotopic (exact) mass is 253 g/mol. The largest absolute Gasteiger partial charge is 0.283 e. The molecule has 6 heteroatoms. The second-order valence-electron chi connectivity index (χ2n) is 2.62. The van der Waals surface area contributed by atoms with Gasteiger partial charge in [-0.1, -0.05) is 17.7 Å². The van der Waals surface area contributed by atoms with Crippen LogP contribution in [0, 0.1) is 0 Å². The molecule has 0 bridgehead atoms. The first-order valence-electron chi connectivity index (χ1n) is 3.85. The fraction of sp³-hybridized carbons (Fsp3) is 0.250. The zero-order valence-corrected chi connectivity index (χ0v) is 9.53. The quantitative estimate of drug-likeness (QED) is 0.838. The molecule has 0 saturated heterocycles. The highest BCUT2D eigenvalue weighted by Crippen LogP contribution is 2.16. The highest BCUT2D eigenvalue weighted by Gasteiger charge is 2.08. The second kappa shape index (κ2) is 4.87. The van der Waals surface area contributed by atoms with Crippen molar-refractivity contribution in [1.82, 2.24) is 0 Å². The molecule has 0 aliphatic rings. The number of hydrogen-bond donors (Lipinski definition) is 1. The molecular formula is C8H9Cl2NO2S. The number of halogens is 2. The van der Waals surface area contributed by atoms with Gasteiger partial charge in [0.25, 0.3) is 0 Å². The fourth-order valence-corrected chi connectivity index (χ4v) is 2.48. The van der Waals surface area contributed by atoms with E-state index in [2.05, 4.69) is 4.72 Å². The van der Waals surface area contributed by atoms with E-state index in [-0.39, 0.29) is 11.6 Å². The summed E-state index contributed by atoms with van der Waals surface area (Å²) in [5.41, 5.74) is 0.447. The molecule has 14 heavy (non-hydrogen) atoms. The van der Waals surface area contributed by atoms with Crippen LogP contribution in [0.3, 0.4) is 0 Å². The lowest BCUT2D eigenvalue weighted by Crippen LogP contribution is -2.17. The molecule has 1 rings (SSSR count). The Kier molecular flexibility index (Phi) is 4.04. The maximum atomic E-state index is 11.3. The van der Waals surface area contributed by atoms with Crippen molar-refractivity contribution in [3.63, 3.8) is 0 Å². The van der Waals surface area contributed by atoms with Gasteiger partial charge in [-0.2, -0.15) is 0 Å². The van der Waals surface area contributed by atoms with Crippen LogP contribution in [0.1, 0.15) is 0 Å². The number of benzene rings is 1. The normalized spacial score (nSPS) is 11.3. The van der Waals surface area contributed by atoms with E-state index in [1.807, 2.05) is 0 Å². The number of nitrogens with one attached hydrogen (secondary N) is 1. The summed E-state index contributed by atoms with van der Waals surface area (Å²) in [6, 6.07) is 6.49. The molecule has 1 aromatic carbocycles. The van der Waals surface area contributed by atoms with E-state index in [1.54, 1.807) is 18.2 Å². The van der Waals surface area contributed by atoms with Gasteiger partial charge in [-0.15, -0.1) is 11.6 Å². The highest BCUT2D eigenvalue weighted by molar-refractivity contribution is 7.92. The van der Waals surface area contributed by atoms with E-state index >= 15 is 0 Å². The fourth-order valence-electron chi connectivity index (χ4n) is 0.884. The van der Waals surface area contributed by atoms with Crippen LogP contribution in [-0.2, 0) is 10.0 Å². The number of anilines is 1. The first kappa shape index (κ1) is 11.6. The molecule has 0 amide bonds. The molecule has 0 spiro atoms. The van der Waals surface area contributed by atoms with Gasteiger partial charge in [0.2, 0.25) is 10.0 Å². The van der Waals surface area contributed by atoms with Gasteiger partial charge in [0, 0.05) is 16.6 Å². The van der Waals surface area contributed by atoms with Crippen molar-refractivity contribution in [3.05, 3.63) is 29.3 Å². The molecule has 0 saturated carbocycles. The molecule has 0 unspecified atom stereocenters. The van der Waals surface area contributed by atoms with E-state index < -0.39 is 10.0 Å². The van der Waals surface area contributed by atoms with Crippen molar-refractivity contribution in [2.24, 2.45) is 0 Å². The Balaban J connectivity index is 2.79. The van der Waals surface area contributed by atoms with Crippen LogP contribution < -0.4 is 4.72 Å². The van der Waals surface area contributed by atoms with Crippen LogP contribution in [0.5, 0.6) is 0 Å². The minimum atomic E-state index is -3.34. The first-order valence-corrected chi connectivity index (χ1v) is 6.42. The Morgan fingerprint density at radius 3 is 2.64 bits per heavy atom. The Morgan fingerprint density at radius 2 is 2.07 bits per heavy atom. The van der Waals surface area contributed by atoms with Gasteiger partial charge < -0.3 is 0 Å². The maximum absolute atomic E-state index is 11.3. The second-order valence-corrected chi connectivity index (χ2v) is 5.28. The summed E-state index contributed by atoms with van der Waals surface area (Å²) in [4.78, 5) is 0. The summed E-state index contributed by atoms with van der Waals surface area (Å²) in [7, 11) is -3.34. The van der Waals surface area contributed by atoms with Crippen molar-refractivity contribution < 1.29 is 8.42 Å². The van der Waals surface area contributed by atoms with Crippen molar-refractivity contribution in [1.29, 1.82) is 0 Å². The molecule has 0 aliphatic carbocycles. The Bertz CT molecular complexity index is 406. The number of alkyl halides is 1. The Labute approximate surface area is 93.1 Å². The molecular weight excluding hydrogens is 245 g/mol. The van der Waals surface area contributed by atoms with Crippen molar-refractivity contribution >= 4 is 38.9 Å². The van der Waals surface area contributed by atoms with E-state index in [4.69, 9.17) is 23.2 Å². The molecule has 78 valence electrons. The maximum Gasteiger partial charge on any atom is 0.233 e. The van der Waals surface area contributed by atoms with Gasteiger partial charge in [0.05, 0.1) is 5.75 Å². The minimum absolute atomic E-state index is 0.0654. The lowest BCUT2D eigenvalue weighted by atomic mass is 10.3. The third kappa shape index (κ3) is 3.74. The van der Waals surface area contributed by atoms with Gasteiger partial charge >= 0.3 is 0 Å². The van der Waals surface area contributed by atoms with Crippen LogP contribution >= 0.6 is 23.2 Å². The van der Waals surface area contributed by atoms with Crippen molar-refractivity contribution in [2.45, 2.75) is 0 Å². The summed E-state index contributed by atoms with van der Waals surface area (Å²) in [5.74, 6) is -0.0447. The Hall–Kier alpha value is -0.450. The number of hydrogen-bond acceptors (Lipinski definition) is 2. The van der Waals surface area contributed by atoms with Crippen LogP contribution in [0.4, 0.5) is 5.69 Å². The smallest absolute Gasteiger partial charge is 0.233 e. The van der Waals surface area contributed by atoms with E-state index in [0.29, 0.717) is 10.7 Å². The molecule has 1 aromatic rings. The third-order valence-electron chi connectivity index (χ3n) is 1.44. The summed E-state index contributed by atoms with van der Waals surface area (Å²) in [5, 5.41) is 0.482. The van der Waals surface area contributed by atoms with Gasteiger partial charge in [-0.25, -0.2) is 8.42 Å². The van der Waals surface area contributed by atoms with Crippen LogP contribution in [0.2, 0.25) is 5.02 Å². The Morgan fingerprint density at radius 1 is 1.36 bits per heavy atom. The van der Waals surface area contributed by atoms with Gasteiger partial charge in [-0.3, -0.25) is 4.72 Å². The third-order valence-corrected chi connectivity index (χ3v) is 3.38. The zero-order chi connectivity index (χ0) is 10.6. The topological polar surface area (TPSA) is 46.2 Å². The standard InChI is InChI=1S/C8H9Cl2NO2S/c9-4-5-14(12,13)11-8-3-1-2-7(10)6-8/h1-3,6,11H,4-5H2. The molecule has 0 atom stereocenters. The molecule has 0 heterocycles. The molecule has 3 nitrogen and oxygen atoms in total. The minimum Gasteiger partial charge on any atom is -0.283 e. The molecule has 0 radical (unpaired) electrons. The van der Waals surface area contributed by atoms with Gasteiger partial charge in [0.15, 0.2) is 0 Å². The SMILES string of the molecule is O=S(=O)(CCCl)Nc1cccc(Cl)c1. The first-order chi connectivity index (χ1) is 6.53. The predicted octanol–water partition coefficient (Wildman–Crippen LogP) is 2.32. The predicted molar refractivity (Wildman–Crippen MR) is 59.6 cm³/mol. The molecule has 0 aliphatic heterocycles. The molecule has 1 N–H and O–H groups in total. The van der Waals surface area contributed by atoms with E-state index in [1.165, 1.54) is 6.07 Å². The van der Waals surface area contributed by atoms with Crippen LogP contribution in [0.25, 0.3) is 0 Å². The van der Waals surface area contributed by atoms with Gasteiger partial charge in [-0.05, 0) is 18.2 Å². The average Bonchev–Trinajstić information content (AvgIpc) is 2.02. The summed E-state index contributed by atoms with van der Waals surface area (Å²) in [6.07, 6.45) is 0. The van der Waals surface area contributed by atoms with Crippen molar-refractivity contribution in [2.75, 3.05) is 16.4 Å². The molecule has 0 aromatic heterocycles. The van der Waals surface area contributed by atoms with Crippen molar-refractivity contribution in [3.8, 4) is 0 Å². The summed E-state index contributed by atoms with van der Waals surface area (Å²) < 4.78 is 24.9. The van der Waals surface area contributed by atoms with E-state index in [0.717, 1.165) is 0 Å². The average molecular weight is 254 g/mol. The summed E-state index contributed by atoms with van der Waals surface area (Å²) in [6.45, 7) is 0. The van der Waals surface area contributed by atoms with Crippen LogP contribution in [-0.4, -0.2) is 20.1 Å². The van der Waals surface area contributed by atoms with Gasteiger partial charge in [0.1, 0.15) is 0 Å². The zero-order valence-electron chi connectivity index (χ0n) is 7.20.